The minimum Gasteiger partial charge on any atom is -0.397 e. The van der Waals surface area contributed by atoms with E-state index in [1.54, 1.807) is 12.1 Å². The van der Waals surface area contributed by atoms with E-state index in [1.807, 2.05) is 0 Å². The lowest BCUT2D eigenvalue weighted by Crippen LogP contribution is -2.16. The van der Waals surface area contributed by atoms with Gasteiger partial charge >= 0.3 is 0 Å². The van der Waals surface area contributed by atoms with Gasteiger partial charge < -0.3 is 11.1 Å². The summed E-state index contributed by atoms with van der Waals surface area (Å²) in [6.07, 6.45) is 1.42. The lowest BCUT2D eigenvalue weighted by atomic mass is 10.1. The summed E-state index contributed by atoms with van der Waals surface area (Å²) in [5, 5.41) is 11.3. The van der Waals surface area contributed by atoms with Crippen molar-refractivity contribution in [1.82, 2.24) is 4.98 Å². The minimum absolute atomic E-state index is 0.0238. The van der Waals surface area contributed by atoms with Gasteiger partial charge in [-0.3, -0.25) is 4.79 Å². The van der Waals surface area contributed by atoms with Crippen molar-refractivity contribution in [1.29, 1.82) is 5.26 Å². The summed E-state index contributed by atoms with van der Waals surface area (Å²) in [6, 6.07) is 8.78. The van der Waals surface area contributed by atoms with E-state index in [4.69, 9.17) is 11.0 Å². The van der Waals surface area contributed by atoms with Gasteiger partial charge in [0, 0.05) is 6.20 Å². The Morgan fingerprint density at radius 1 is 1.37 bits per heavy atom. The minimum atomic E-state index is -0.700. The molecule has 19 heavy (non-hydrogen) atoms. The number of benzene rings is 1. The molecule has 3 N–H and O–H groups in total. The number of rotatable bonds is 2. The summed E-state index contributed by atoms with van der Waals surface area (Å²) >= 11 is 0. The van der Waals surface area contributed by atoms with Gasteiger partial charge in [-0.25, -0.2) is 9.37 Å². The first-order valence-electron chi connectivity index (χ1n) is 5.34. The fraction of sp³-hybridized carbons (Fsp3) is 0. The molecule has 0 unspecified atom stereocenters. The van der Waals surface area contributed by atoms with Crippen LogP contribution in [0.4, 0.5) is 15.8 Å². The third kappa shape index (κ3) is 2.50. The third-order valence-corrected chi connectivity index (χ3v) is 2.43. The van der Waals surface area contributed by atoms with Crippen LogP contribution in [0.25, 0.3) is 0 Å². The van der Waals surface area contributed by atoms with Crippen LogP contribution in [0.2, 0.25) is 0 Å². The van der Waals surface area contributed by atoms with Gasteiger partial charge in [-0.1, -0.05) is 6.07 Å². The highest BCUT2D eigenvalue weighted by atomic mass is 19.1. The number of nitriles is 1. The Bertz CT molecular complexity index is 679. The molecule has 0 bridgehead atoms. The molecule has 6 heteroatoms. The van der Waals surface area contributed by atoms with Crippen LogP contribution < -0.4 is 11.1 Å². The van der Waals surface area contributed by atoms with E-state index in [9.17, 15) is 9.18 Å². The standard InChI is InChI=1S/C13H9FN4O/c14-9-3-1-5-11(8(9)7-15)18-13(19)12-10(16)4-2-6-17-12/h1-6H,16H2,(H,18,19). The first kappa shape index (κ1) is 12.5. The monoisotopic (exact) mass is 256 g/mol. The number of nitrogens with zero attached hydrogens (tertiary/aromatic N) is 2. The molecular weight excluding hydrogens is 247 g/mol. The number of nitrogen functional groups attached to an aromatic ring is 1. The molecule has 94 valence electrons. The molecule has 0 atom stereocenters. The Kier molecular flexibility index (Phi) is 3.39. The molecule has 0 spiro atoms. The number of pyridine rings is 1. The number of nitrogens with one attached hydrogen (secondary N) is 1. The van der Waals surface area contributed by atoms with Crippen molar-refractivity contribution in [3.05, 3.63) is 53.6 Å². The Morgan fingerprint density at radius 3 is 2.84 bits per heavy atom. The highest BCUT2D eigenvalue weighted by Gasteiger charge is 2.14. The van der Waals surface area contributed by atoms with Gasteiger partial charge in [0.05, 0.1) is 11.4 Å². The summed E-state index contributed by atoms with van der Waals surface area (Å²) in [7, 11) is 0. The van der Waals surface area contributed by atoms with Crippen LogP contribution in [0.5, 0.6) is 0 Å². The molecule has 2 rings (SSSR count). The second kappa shape index (κ2) is 5.14. The van der Waals surface area contributed by atoms with E-state index in [2.05, 4.69) is 10.3 Å². The zero-order chi connectivity index (χ0) is 13.8. The van der Waals surface area contributed by atoms with Crippen molar-refractivity contribution in [3.8, 4) is 6.07 Å². The second-order valence-corrected chi connectivity index (χ2v) is 3.67. The normalized spacial score (nSPS) is 9.68. The number of hydrogen-bond acceptors (Lipinski definition) is 4. The average molecular weight is 256 g/mol. The van der Waals surface area contributed by atoms with Crippen LogP contribution in [0.1, 0.15) is 16.1 Å². The fourth-order valence-electron chi connectivity index (χ4n) is 1.53. The number of halogens is 1. The second-order valence-electron chi connectivity index (χ2n) is 3.67. The Hall–Kier alpha value is -2.94. The molecule has 0 saturated heterocycles. The number of carbonyl (C=O) groups is 1. The molecule has 5 nitrogen and oxygen atoms in total. The van der Waals surface area contributed by atoms with E-state index in [1.165, 1.54) is 24.4 Å². The molecule has 0 fully saturated rings. The van der Waals surface area contributed by atoms with Gasteiger partial charge in [0.2, 0.25) is 0 Å². The Morgan fingerprint density at radius 2 is 2.16 bits per heavy atom. The fourth-order valence-corrected chi connectivity index (χ4v) is 1.53. The van der Waals surface area contributed by atoms with Gasteiger partial charge in [0.1, 0.15) is 17.4 Å². The summed E-state index contributed by atoms with van der Waals surface area (Å²) in [6.45, 7) is 0. The van der Waals surface area contributed by atoms with E-state index in [0.29, 0.717) is 0 Å². The summed E-state index contributed by atoms with van der Waals surface area (Å²) in [5.41, 5.74) is 5.69. The Balaban J connectivity index is 2.33. The predicted molar refractivity (Wildman–Crippen MR) is 67.7 cm³/mol. The number of aromatic nitrogens is 1. The van der Waals surface area contributed by atoms with Crippen LogP contribution in [0.15, 0.2) is 36.5 Å². The average Bonchev–Trinajstić information content (AvgIpc) is 2.39. The quantitative estimate of drug-likeness (QED) is 0.858. The number of hydrogen-bond donors (Lipinski definition) is 2. The van der Waals surface area contributed by atoms with Crippen molar-refractivity contribution in [3.63, 3.8) is 0 Å². The summed E-state index contributed by atoms with van der Waals surface area (Å²) in [5.74, 6) is -1.30. The maximum Gasteiger partial charge on any atom is 0.276 e. The zero-order valence-corrected chi connectivity index (χ0v) is 9.72. The van der Waals surface area contributed by atoms with Crippen molar-refractivity contribution < 1.29 is 9.18 Å². The SMILES string of the molecule is N#Cc1c(F)cccc1NC(=O)c1ncccc1N. The summed E-state index contributed by atoms with van der Waals surface area (Å²) in [4.78, 5) is 15.8. The number of carbonyl (C=O) groups excluding carboxylic acids is 1. The molecule has 1 aromatic heterocycles. The molecule has 1 amide bonds. The molecular formula is C13H9FN4O. The smallest absolute Gasteiger partial charge is 0.276 e. The van der Waals surface area contributed by atoms with Crippen molar-refractivity contribution >= 4 is 17.3 Å². The van der Waals surface area contributed by atoms with Crippen LogP contribution in [0, 0.1) is 17.1 Å². The highest BCUT2D eigenvalue weighted by molar-refractivity contribution is 6.06. The van der Waals surface area contributed by atoms with Crippen LogP contribution >= 0.6 is 0 Å². The van der Waals surface area contributed by atoms with Crippen molar-refractivity contribution in [2.75, 3.05) is 11.1 Å². The number of amides is 1. The molecule has 0 aliphatic rings. The maximum atomic E-state index is 13.4. The van der Waals surface area contributed by atoms with Gasteiger partial charge in [-0.05, 0) is 24.3 Å². The topological polar surface area (TPSA) is 91.8 Å². The first-order valence-corrected chi connectivity index (χ1v) is 5.34. The van der Waals surface area contributed by atoms with E-state index >= 15 is 0 Å². The Labute approximate surface area is 108 Å². The molecule has 1 heterocycles. The molecule has 0 saturated carbocycles. The first-order chi connectivity index (χ1) is 9.13. The summed E-state index contributed by atoms with van der Waals surface area (Å²) < 4.78 is 13.4. The van der Waals surface area contributed by atoms with Crippen molar-refractivity contribution in [2.45, 2.75) is 0 Å². The zero-order valence-electron chi connectivity index (χ0n) is 9.72. The van der Waals surface area contributed by atoms with Gasteiger partial charge in [0.25, 0.3) is 5.91 Å². The predicted octanol–water partition coefficient (Wildman–Crippen LogP) is 1.93. The van der Waals surface area contributed by atoms with Crippen molar-refractivity contribution in [2.24, 2.45) is 0 Å². The van der Waals surface area contributed by atoms with Gasteiger partial charge in [-0.2, -0.15) is 5.26 Å². The number of nitrogens with two attached hydrogens (primary N) is 1. The third-order valence-electron chi connectivity index (χ3n) is 2.43. The van der Waals surface area contributed by atoms with Gasteiger partial charge in [-0.15, -0.1) is 0 Å². The molecule has 1 aromatic carbocycles. The van der Waals surface area contributed by atoms with Gasteiger partial charge in [0.15, 0.2) is 5.69 Å². The molecule has 2 aromatic rings. The van der Waals surface area contributed by atoms with Crippen LogP contribution in [-0.4, -0.2) is 10.9 Å². The lowest BCUT2D eigenvalue weighted by Gasteiger charge is -2.08. The maximum absolute atomic E-state index is 13.4. The lowest BCUT2D eigenvalue weighted by molar-refractivity contribution is 0.102. The van der Waals surface area contributed by atoms with E-state index < -0.39 is 11.7 Å². The highest BCUT2D eigenvalue weighted by Crippen LogP contribution is 2.19. The number of anilines is 2. The molecule has 0 aliphatic heterocycles. The molecule has 0 aliphatic carbocycles. The largest absolute Gasteiger partial charge is 0.397 e. The van der Waals surface area contributed by atoms with Crippen LogP contribution in [-0.2, 0) is 0 Å². The van der Waals surface area contributed by atoms with Crippen LogP contribution in [0.3, 0.4) is 0 Å². The molecule has 0 radical (unpaired) electrons. The van der Waals surface area contributed by atoms with E-state index in [-0.39, 0.29) is 22.6 Å². The van der Waals surface area contributed by atoms with E-state index in [0.717, 1.165) is 6.07 Å².